The Bertz CT molecular complexity index is 533. The summed E-state index contributed by atoms with van der Waals surface area (Å²) in [5.41, 5.74) is 6.15. The molecule has 1 aromatic carbocycles. The van der Waals surface area contributed by atoms with Gasteiger partial charge in [0.25, 0.3) is 0 Å². The van der Waals surface area contributed by atoms with Crippen molar-refractivity contribution in [3.8, 4) is 11.8 Å². The number of nitrogens with zero attached hydrogens (tertiary/aromatic N) is 1. The van der Waals surface area contributed by atoms with E-state index in [1.807, 2.05) is 13.8 Å². The number of hydrogen-bond donors (Lipinski definition) is 1. The van der Waals surface area contributed by atoms with Gasteiger partial charge in [-0.2, -0.15) is 5.26 Å². The fraction of sp³-hybridized carbons (Fsp3) is 0.500. The van der Waals surface area contributed by atoms with Gasteiger partial charge in [-0.1, -0.05) is 6.07 Å². The Hall–Kier alpha value is -2.22. The zero-order valence-corrected chi connectivity index (χ0v) is 12.8. The van der Waals surface area contributed by atoms with Crippen LogP contribution in [0.5, 0.6) is 5.75 Å². The minimum atomic E-state index is -0.446. The van der Waals surface area contributed by atoms with Gasteiger partial charge in [0.05, 0.1) is 30.9 Å². The number of rotatable bonds is 7. The van der Waals surface area contributed by atoms with E-state index in [4.69, 9.17) is 20.5 Å². The number of unbranched alkanes of at least 4 members (excludes halogenated alkanes) is 1. The van der Waals surface area contributed by atoms with Crippen LogP contribution in [-0.2, 0) is 4.74 Å². The lowest BCUT2D eigenvalue weighted by Crippen LogP contribution is -2.11. The van der Waals surface area contributed by atoms with Crippen molar-refractivity contribution in [2.24, 2.45) is 5.41 Å². The fourth-order valence-corrected chi connectivity index (χ4v) is 1.91. The first-order valence-corrected chi connectivity index (χ1v) is 6.92. The van der Waals surface area contributed by atoms with Crippen LogP contribution in [-0.4, -0.2) is 19.7 Å². The molecule has 0 fully saturated rings. The average Bonchev–Trinajstić information content (AvgIpc) is 2.46. The molecule has 0 aliphatic heterocycles. The van der Waals surface area contributed by atoms with Crippen LogP contribution in [0.1, 0.15) is 43.5 Å². The number of esters is 1. The standard InChI is InChI=1S/C16H22N2O3/c1-16(2,11-17)9-4-5-10-21-15(19)12-7-6-8-13(18)14(12)20-3/h6-8H,4-5,9-10,18H2,1-3H3. The number of anilines is 1. The van der Waals surface area contributed by atoms with Crippen LogP contribution < -0.4 is 10.5 Å². The van der Waals surface area contributed by atoms with Gasteiger partial charge in [-0.3, -0.25) is 0 Å². The average molecular weight is 290 g/mol. The number of nitrogens with two attached hydrogens (primary N) is 1. The van der Waals surface area contributed by atoms with E-state index in [-0.39, 0.29) is 5.41 Å². The van der Waals surface area contributed by atoms with Gasteiger partial charge < -0.3 is 15.2 Å². The number of ether oxygens (including phenoxy) is 2. The number of carbonyl (C=O) groups excluding carboxylic acids is 1. The molecule has 0 heterocycles. The number of nitriles is 1. The van der Waals surface area contributed by atoms with Crippen LogP contribution in [0.3, 0.4) is 0 Å². The zero-order valence-electron chi connectivity index (χ0n) is 12.8. The van der Waals surface area contributed by atoms with Crippen molar-refractivity contribution < 1.29 is 14.3 Å². The van der Waals surface area contributed by atoms with Gasteiger partial charge >= 0.3 is 5.97 Å². The molecule has 0 aliphatic rings. The summed E-state index contributed by atoms with van der Waals surface area (Å²) in [6.45, 7) is 4.12. The summed E-state index contributed by atoms with van der Waals surface area (Å²) >= 11 is 0. The minimum absolute atomic E-state index is 0.318. The predicted octanol–water partition coefficient (Wildman–Crippen LogP) is 3.15. The molecule has 0 atom stereocenters. The molecule has 0 spiro atoms. The second kappa shape index (κ2) is 7.53. The second-order valence-corrected chi connectivity index (χ2v) is 5.52. The summed E-state index contributed by atoms with van der Waals surface area (Å²) in [4.78, 5) is 12.0. The SMILES string of the molecule is COc1c(N)cccc1C(=O)OCCCCC(C)(C)C#N. The number of methoxy groups -OCH3 is 1. The number of carbonyl (C=O) groups is 1. The van der Waals surface area contributed by atoms with E-state index in [1.54, 1.807) is 18.2 Å². The minimum Gasteiger partial charge on any atom is -0.494 e. The Morgan fingerprint density at radius 3 is 2.71 bits per heavy atom. The highest BCUT2D eigenvalue weighted by molar-refractivity contribution is 5.94. The number of hydrogen-bond acceptors (Lipinski definition) is 5. The van der Waals surface area contributed by atoms with Gasteiger partial charge in [-0.15, -0.1) is 0 Å². The van der Waals surface area contributed by atoms with E-state index in [9.17, 15) is 4.79 Å². The Morgan fingerprint density at radius 1 is 1.38 bits per heavy atom. The van der Waals surface area contributed by atoms with Gasteiger partial charge in [-0.25, -0.2) is 4.79 Å². The molecule has 0 unspecified atom stereocenters. The zero-order chi connectivity index (χ0) is 15.9. The van der Waals surface area contributed by atoms with E-state index < -0.39 is 5.97 Å². The summed E-state index contributed by atoms with van der Waals surface area (Å²) in [5.74, 6) is -0.105. The number of para-hydroxylation sites is 1. The largest absolute Gasteiger partial charge is 0.494 e. The van der Waals surface area contributed by atoms with E-state index in [0.717, 1.165) is 19.3 Å². The summed E-state index contributed by atoms with van der Waals surface area (Å²) in [6.07, 6.45) is 2.34. The van der Waals surface area contributed by atoms with Crippen LogP contribution in [0, 0.1) is 16.7 Å². The molecule has 2 N–H and O–H groups in total. The molecule has 1 rings (SSSR count). The third-order valence-electron chi connectivity index (χ3n) is 3.20. The van der Waals surface area contributed by atoms with Gasteiger partial charge in [-0.05, 0) is 45.2 Å². The quantitative estimate of drug-likeness (QED) is 0.473. The van der Waals surface area contributed by atoms with Crippen molar-refractivity contribution in [3.05, 3.63) is 23.8 Å². The van der Waals surface area contributed by atoms with E-state index >= 15 is 0 Å². The van der Waals surface area contributed by atoms with E-state index in [2.05, 4.69) is 6.07 Å². The van der Waals surface area contributed by atoms with Crippen LogP contribution in [0.4, 0.5) is 5.69 Å². The topological polar surface area (TPSA) is 85.3 Å². The van der Waals surface area contributed by atoms with Crippen molar-refractivity contribution in [2.45, 2.75) is 33.1 Å². The number of nitrogen functional groups attached to an aromatic ring is 1. The van der Waals surface area contributed by atoms with Crippen molar-refractivity contribution >= 4 is 11.7 Å². The molecule has 0 saturated carbocycles. The molecular formula is C16H22N2O3. The van der Waals surface area contributed by atoms with Crippen molar-refractivity contribution in [3.63, 3.8) is 0 Å². The van der Waals surface area contributed by atoms with Gasteiger partial charge in [0.1, 0.15) is 5.56 Å². The first kappa shape index (κ1) is 16.8. The molecule has 5 heteroatoms. The maximum Gasteiger partial charge on any atom is 0.342 e. The Kier molecular flexibility index (Phi) is 6.04. The van der Waals surface area contributed by atoms with Gasteiger partial charge in [0, 0.05) is 0 Å². The van der Waals surface area contributed by atoms with E-state index in [0.29, 0.717) is 23.6 Å². The molecule has 0 radical (unpaired) electrons. The monoisotopic (exact) mass is 290 g/mol. The molecular weight excluding hydrogens is 268 g/mol. The first-order chi connectivity index (χ1) is 9.91. The lowest BCUT2D eigenvalue weighted by molar-refractivity contribution is 0.0492. The molecule has 0 amide bonds. The molecule has 0 aromatic heterocycles. The molecule has 0 saturated heterocycles. The molecule has 5 nitrogen and oxygen atoms in total. The second-order valence-electron chi connectivity index (χ2n) is 5.52. The smallest absolute Gasteiger partial charge is 0.342 e. The van der Waals surface area contributed by atoms with Crippen molar-refractivity contribution in [1.82, 2.24) is 0 Å². The molecule has 21 heavy (non-hydrogen) atoms. The van der Waals surface area contributed by atoms with Crippen LogP contribution >= 0.6 is 0 Å². The van der Waals surface area contributed by atoms with Crippen LogP contribution in [0.15, 0.2) is 18.2 Å². The fourth-order valence-electron chi connectivity index (χ4n) is 1.91. The number of benzene rings is 1. The molecule has 1 aromatic rings. The third-order valence-corrected chi connectivity index (χ3v) is 3.20. The van der Waals surface area contributed by atoms with Crippen molar-refractivity contribution in [2.75, 3.05) is 19.5 Å². The predicted molar refractivity (Wildman–Crippen MR) is 80.9 cm³/mol. The van der Waals surface area contributed by atoms with Crippen molar-refractivity contribution in [1.29, 1.82) is 5.26 Å². The lowest BCUT2D eigenvalue weighted by atomic mass is 9.89. The summed E-state index contributed by atoms with van der Waals surface area (Å²) < 4.78 is 10.3. The lowest BCUT2D eigenvalue weighted by Gasteiger charge is -2.14. The van der Waals surface area contributed by atoms with Gasteiger partial charge in [0.15, 0.2) is 5.75 Å². The van der Waals surface area contributed by atoms with Crippen LogP contribution in [0.2, 0.25) is 0 Å². The first-order valence-electron chi connectivity index (χ1n) is 6.92. The van der Waals surface area contributed by atoms with E-state index in [1.165, 1.54) is 7.11 Å². The highest BCUT2D eigenvalue weighted by Crippen LogP contribution is 2.26. The highest BCUT2D eigenvalue weighted by Gasteiger charge is 2.17. The molecule has 0 aliphatic carbocycles. The maximum atomic E-state index is 12.0. The Labute approximate surface area is 125 Å². The normalized spacial score (nSPS) is 10.8. The van der Waals surface area contributed by atoms with Crippen LogP contribution in [0.25, 0.3) is 0 Å². The Balaban J connectivity index is 2.45. The summed E-state index contributed by atoms with van der Waals surface area (Å²) in [6, 6.07) is 7.22. The van der Waals surface area contributed by atoms with Gasteiger partial charge in [0.2, 0.25) is 0 Å². The molecule has 114 valence electrons. The highest BCUT2D eigenvalue weighted by atomic mass is 16.5. The summed E-state index contributed by atoms with van der Waals surface area (Å²) in [5, 5.41) is 8.91. The Morgan fingerprint density at radius 2 is 2.10 bits per heavy atom. The maximum absolute atomic E-state index is 12.0. The third kappa shape index (κ3) is 4.99. The molecule has 0 bridgehead atoms. The summed E-state index contributed by atoms with van der Waals surface area (Å²) in [7, 11) is 1.46.